The molecule has 6 nitrogen and oxygen atoms in total. The molecule has 8 heteroatoms. The Kier molecular flexibility index (Phi) is 9.41. The van der Waals surface area contributed by atoms with E-state index in [0.717, 1.165) is 71.8 Å². The molecule has 190 valence electrons. The van der Waals surface area contributed by atoms with Gasteiger partial charge in [0.2, 0.25) is 11.8 Å². The number of carbonyl (C=O) groups is 2. The highest BCUT2D eigenvalue weighted by Gasteiger charge is 2.11. The van der Waals surface area contributed by atoms with Gasteiger partial charge in [-0.15, -0.1) is 0 Å². The fraction of sp³-hybridized carbons (Fsp3) is 0.429. The maximum absolute atomic E-state index is 12.3. The SMILES string of the molecule is CCc1cccc2sc(NC(=O)CCCCCCCCC(=O)Nc3nc4c(CC)cccc4s3)nc12. The van der Waals surface area contributed by atoms with Crippen molar-refractivity contribution in [2.24, 2.45) is 0 Å². The Hall–Kier alpha value is -2.84. The van der Waals surface area contributed by atoms with Crippen molar-refractivity contribution >= 4 is 65.2 Å². The number of nitrogens with zero attached hydrogens (tertiary/aromatic N) is 2. The van der Waals surface area contributed by atoms with Crippen LogP contribution in [0.3, 0.4) is 0 Å². The largest absolute Gasteiger partial charge is 0.302 e. The van der Waals surface area contributed by atoms with Crippen LogP contribution in [0.15, 0.2) is 36.4 Å². The summed E-state index contributed by atoms with van der Waals surface area (Å²) < 4.78 is 2.23. The number of carbonyl (C=O) groups excluding carboxylic acids is 2. The molecule has 0 radical (unpaired) electrons. The molecule has 4 aromatic rings. The van der Waals surface area contributed by atoms with Gasteiger partial charge in [0.15, 0.2) is 10.3 Å². The van der Waals surface area contributed by atoms with Crippen molar-refractivity contribution < 1.29 is 9.59 Å². The van der Waals surface area contributed by atoms with E-state index >= 15 is 0 Å². The van der Waals surface area contributed by atoms with Crippen LogP contribution in [0.2, 0.25) is 0 Å². The number of thiazole rings is 2. The second-order valence-electron chi connectivity index (χ2n) is 8.99. The van der Waals surface area contributed by atoms with E-state index in [1.165, 1.54) is 33.8 Å². The number of benzene rings is 2. The second-order valence-corrected chi connectivity index (χ2v) is 11.1. The maximum Gasteiger partial charge on any atom is 0.226 e. The van der Waals surface area contributed by atoms with Gasteiger partial charge in [-0.25, -0.2) is 9.97 Å². The zero-order chi connectivity index (χ0) is 25.3. The van der Waals surface area contributed by atoms with Gasteiger partial charge in [0.05, 0.1) is 20.4 Å². The summed E-state index contributed by atoms with van der Waals surface area (Å²) in [5.41, 5.74) is 4.42. The van der Waals surface area contributed by atoms with E-state index in [1.54, 1.807) is 0 Å². The Morgan fingerprint density at radius 1 is 0.667 bits per heavy atom. The van der Waals surface area contributed by atoms with E-state index in [1.807, 2.05) is 24.3 Å². The Morgan fingerprint density at radius 2 is 1.08 bits per heavy atom. The number of fused-ring (bicyclic) bond motifs is 2. The molecule has 0 fully saturated rings. The van der Waals surface area contributed by atoms with Gasteiger partial charge in [0, 0.05) is 12.8 Å². The molecule has 0 aliphatic rings. The van der Waals surface area contributed by atoms with Gasteiger partial charge >= 0.3 is 0 Å². The zero-order valence-corrected chi connectivity index (χ0v) is 22.7. The minimum atomic E-state index is 0.0321. The molecule has 0 bridgehead atoms. The number of rotatable bonds is 13. The summed E-state index contributed by atoms with van der Waals surface area (Å²) in [6, 6.07) is 12.4. The van der Waals surface area contributed by atoms with Crippen LogP contribution in [-0.2, 0) is 22.4 Å². The number of nitrogens with one attached hydrogen (secondary N) is 2. The van der Waals surface area contributed by atoms with Crippen molar-refractivity contribution in [2.45, 2.75) is 78.1 Å². The van der Waals surface area contributed by atoms with Gasteiger partial charge in [-0.05, 0) is 48.9 Å². The molecule has 2 N–H and O–H groups in total. The van der Waals surface area contributed by atoms with E-state index in [2.05, 4.69) is 46.6 Å². The topological polar surface area (TPSA) is 84.0 Å². The van der Waals surface area contributed by atoms with Gasteiger partial charge in [0.25, 0.3) is 0 Å². The lowest BCUT2D eigenvalue weighted by Crippen LogP contribution is -2.11. The number of amides is 2. The molecule has 2 aromatic heterocycles. The van der Waals surface area contributed by atoms with Crippen molar-refractivity contribution in [3.63, 3.8) is 0 Å². The highest BCUT2D eigenvalue weighted by molar-refractivity contribution is 7.22. The average molecular weight is 523 g/mol. The van der Waals surface area contributed by atoms with E-state index in [0.29, 0.717) is 23.1 Å². The summed E-state index contributed by atoms with van der Waals surface area (Å²) in [5, 5.41) is 7.29. The maximum atomic E-state index is 12.3. The van der Waals surface area contributed by atoms with Crippen molar-refractivity contribution in [2.75, 3.05) is 10.6 Å². The van der Waals surface area contributed by atoms with Gasteiger partial charge in [-0.1, -0.05) is 86.5 Å². The van der Waals surface area contributed by atoms with E-state index in [-0.39, 0.29) is 11.8 Å². The molecule has 36 heavy (non-hydrogen) atoms. The number of aryl methyl sites for hydroxylation is 2. The second kappa shape index (κ2) is 12.9. The Morgan fingerprint density at radius 3 is 1.50 bits per heavy atom. The molecule has 0 unspecified atom stereocenters. The summed E-state index contributed by atoms with van der Waals surface area (Å²) in [6.07, 6.45) is 8.83. The van der Waals surface area contributed by atoms with Crippen LogP contribution in [0.1, 0.15) is 76.3 Å². The van der Waals surface area contributed by atoms with Crippen molar-refractivity contribution in [3.05, 3.63) is 47.5 Å². The molecular formula is C28H34N4O2S2. The molecule has 0 aliphatic carbocycles. The molecule has 2 amide bonds. The van der Waals surface area contributed by atoms with Gasteiger partial charge < -0.3 is 10.6 Å². The molecule has 0 aliphatic heterocycles. The fourth-order valence-electron chi connectivity index (χ4n) is 4.33. The summed E-state index contributed by atoms with van der Waals surface area (Å²) in [7, 11) is 0. The third kappa shape index (κ3) is 6.89. The van der Waals surface area contributed by atoms with Crippen LogP contribution in [0.4, 0.5) is 10.3 Å². The fourth-order valence-corrected chi connectivity index (χ4v) is 6.19. The van der Waals surface area contributed by atoms with Crippen molar-refractivity contribution in [1.29, 1.82) is 0 Å². The number of para-hydroxylation sites is 2. The summed E-state index contributed by atoms with van der Waals surface area (Å²) in [6.45, 7) is 4.24. The summed E-state index contributed by atoms with van der Waals surface area (Å²) in [5.74, 6) is 0.0642. The minimum Gasteiger partial charge on any atom is -0.302 e. The molecular weight excluding hydrogens is 488 g/mol. The van der Waals surface area contributed by atoms with Gasteiger partial charge in [-0.3, -0.25) is 9.59 Å². The molecule has 0 saturated carbocycles. The van der Waals surface area contributed by atoms with Crippen LogP contribution in [0.5, 0.6) is 0 Å². The number of anilines is 2. The van der Waals surface area contributed by atoms with E-state index in [9.17, 15) is 9.59 Å². The van der Waals surface area contributed by atoms with E-state index < -0.39 is 0 Å². The van der Waals surface area contributed by atoms with Crippen LogP contribution >= 0.6 is 22.7 Å². The highest BCUT2D eigenvalue weighted by Crippen LogP contribution is 2.29. The third-order valence-electron chi connectivity index (χ3n) is 6.32. The molecule has 4 rings (SSSR count). The van der Waals surface area contributed by atoms with Crippen LogP contribution in [-0.4, -0.2) is 21.8 Å². The predicted molar refractivity (Wildman–Crippen MR) is 152 cm³/mol. The first-order valence-electron chi connectivity index (χ1n) is 12.9. The predicted octanol–water partition coefficient (Wildman–Crippen LogP) is 7.73. The first-order valence-corrected chi connectivity index (χ1v) is 14.6. The van der Waals surface area contributed by atoms with Crippen LogP contribution < -0.4 is 10.6 Å². The summed E-state index contributed by atoms with van der Waals surface area (Å²) >= 11 is 3.07. The van der Waals surface area contributed by atoms with Crippen LogP contribution in [0, 0.1) is 0 Å². The lowest BCUT2D eigenvalue weighted by Gasteiger charge is -2.03. The Bertz CT molecular complexity index is 1230. The monoisotopic (exact) mass is 522 g/mol. The van der Waals surface area contributed by atoms with Crippen molar-refractivity contribution in [1.82, 2.24) is 9.97 Å². The van der Waals surface area contributed by atoms with Gasteiger partial charge in [-0.2, -0.15) is 0 Å². The average Bonchev–Trinajstić information content (AvgIpc) is 3.48. The highest BCUT2D eigenvalue weighted by atomic mass is 32.1. The Labute approximate surface area is 220 Å². The molecule has 0 saturated heterocycles. The molecule has 2 heterocycles. The zero-order valence-electron chi connectivity index (χ0n) is 21.1. The smallest absolute Gasteiger partial charge is 0.226 e. The normalized spacial score (nSPS) is 11.3. The number of aromatic nitrogens is 2. The molecule has 0 spiro atoms. The first-order chi connectivity index (χ1) is 17.6. The number of hydrogen-bond acceptors (Lipinski definition) is 6. The number of unbranched alkanes of at least 4 members (excludes halogenated alkanes) is 5. The minimum absolute atomic E-state index is 0.0321. The standard InChI is InChI=1S/C28H34N4O2S2/c1-3-19-13-11-15-21-25(19)31-27(35-21)29-23(33)17-9-7-5-6-8-10-18-24(34)30-28-32-26-20(4-2)14-12-16-22(26)36-28/h11-16H,3-10,17-18H2,1-2H3,(H,29,31,33)(H,30,32,34). The lowest BCUT2D eigenvalue weighted by molar-refractivity contribution is -0.117. The Balaban J connectivity index is 1.07. The summed E-state index contributed by atoms with van der Waals surface area (Å²) in [4.78, 5) is 33.8. The molecule has 0 atom stereocenters. The number of hydrogen-bond donors (Lipinski definition) is 2. The van der Waals surface area contributed by atoms with E-state index in [4.69, 9.17) is 0 Å². The molecule has 2 aromatic carbocycles. The lowest BCUT2D eigenvalue weighted by atomic mass is 10.1. The third-order valence-corrected chi connectivity index (χ3v) is 8.19. The quantitative estimate of drug-likeness (QED) is 0.176. The first kappa shape index (κ1) is 26.2. The van der Waals surface area contributed by atoms with Crippen molar-refractivity contribution in [3.8, 4) is 0 Å². The van der Waals surface area contributed by atoms with Gasteiger partial charge in [0.1, 0.15) is 0 Å². The van der Waals surface area contributed by atoms with Crippen LogP contribution in [0.25, 0.3) is 20.4 Å².